The molecule has 6 heteroatoms. The molecule has 0 saturated carbocycles. The lowest BCUT2D eigenvalue weighted by molar-refractivity contribution is 0.0673. The number of nitrogens with one attached hydrogen (secondary N) is 2. The highest BCUT2D eigenvalue weighted by atomic mass is 16.6. The topological polar surface area (TPSA) is 76.7 Å². The molecule has 206 valence electrons. The third-order valence-corrected chi connectivity index (χ3v) is 6.58. The maximum absolute atomic E-state index is 12.6. The Bertz CT molecular complexity index is 1070. The normalized spacial score (nSPS) is 13.2. The predicted molar refractivity (Wildman–Crippen MR) is 156 cm³/mol. The number of allylic oxidation sites excluding steroid dienone is 2. The van der Waals surface area contributed by atoms with Crippen molar-refractivity contribution in [2.45, 2.75) is 91.5 Å². The van der Waals surface area contributed by atoms with E-state index in [1.165, 1.54) is 0 Å². The maximum Gasteiger partial charge on any atom is 0.408 e. The van der Waals surface area contributed by atoms with Gasteiger partial charge in [0.2, 0.25) is 0 Å². The Morgan fingerprint density at radius 1 is 0.737 bits per heavy atom. The van der Waals surface area contributed by atoms with E-state index in [1.807, 2.05) is 104 Å². The van der Waals surface area contributed by atoms with Crippen molar-refractivity contribution in [3.05, 3.63) is 83.9 Å². The van der Waals surface area contributed by atoms with Gasteiger partial charge >= 0.3 is 12.2 Å². The van der Waals surface area contributed by atoms with Crippen LogP contribution in [0, 0.1) is 0 Å². The summed E-state index contributed by atoms with van der Waals surface area (Å²) in [5.74, 6) is 0. The lowest BCUT2D eigenvalue weighted by atomic mass is 9.92. The van der Waals surface area contributed by atoms with Gasteiger partial charge in [-0.3, -0.25) is 0 Å². The van der Waals surface area contributed by atoms with Crippen molar-refractivity contribution in [1.29, 1.82) is 0 Å². The summed E-state index contributed by atoms with van der Waals surface area (Å²) in [4.78, 5) is 25.2. The average molecular weight is 521 g/mol. The molecule has 2 rings (SSSR count). The van der Waals surface area contributed by atoms with Gasteiger partial charge in [0, 0.05) is 0 Å². The fraction of sp³-hybridized carbons (Fsp3) is 0.438. The van der Waals surface area contributed by atoms with Gasteiger partial charge in [-0.1, -0.05) is 60.7 Å². The summed E-state index contributed by atoms with van der Waals surface area (Å²) in [7, 11) is 0. The second kappa shape index (κ2) is 12.8. The number of carbonyl (C=O) groups is 2. The SMILES string of the molecule is C=C(C)c1cccc(C(C)(C)NC(=O)OC(C)CCC(C)OC(=O)NC(C)(C)c2cccc(C(=C)C)c2)c1. The van der Waals surface area contributed by atoms with E-state index in [4.69, 9.17) is 9.47 Å². The minimum atomic E-state index is -0.618. The van der Waals surface area contributed by atoms with Gasteiger partial charge in [-0.2, -0.15) is 0 Å². The molecular formula is C32H44N2O4. The van der Waals surface area contributed by atoms with Crippen LogP contribution in [0.3, 0.4) is 0 Å². The molecule has 2 unspecified atom stereocenters. The lowest BCUT2D eigenvalue weighted by Crippen LogP contribution is -2.43. The molecule has 0 aromatic heterocycles. The monoisotopic (exact) mass is 520 g/mol. The van der Waals surface area contributed by atoms with Crippen LogP contribution in [0.4, 0.5) is 9.59 Å². The van der Waals surface area contributed by atoms with E-state index in [0.717, 1.165) is 33.4 Å². The minimum absolute atomic E-state index is 0.344. The van der Waals surface area contributed by atoms with Gasteiger partial charge in [0.1, 0.15) is 12.2 Å². The number of hydrogen-bond acceptors (Lipinski definition) is 4. The summed E-state index contributed by atoms with van der Waals surface area (Å²) in [5.41, 5.74) is 4.67. The Morgan fingerprint density at radius 2 is 1.08 bits per heavy atom. The van der Waals surface area contributed by atoms with Crippen molar-refractivity contribution in [2.24, 2.45) is 0 Å². The number of amides is 2. The van der Waals surface area contributed by atoms with Crippen molar-refractivity contribution < 1.29 is 19.1 Å². The van der Waals surface area contributed by atoms with Gasteiger partial charge in [-0.05, 0) is 103 Å². The zero-order valence-electron chi connectivity index (χ0n) is 24.2. The van der Waals surface area contributed by atoms with E-state index in [1.54, 1.807) is 0 Å². The largest absolute Gasteiger partial charge is 0.447 e. The van der Waals surface area contributed by atoms with E-state index in [9.17, 15) is 9.59 Å². The van der Waals surface area contributed by atoms with Crippen LogP contribution in [0.5, 0.6) is 0 Å². The van der Waals surface area contributed by atoms with Gasteiger partial charge in [0.25, 0.3) is 0 Å². The zero-order valence-corrected chi connectivity index (χ0v) is 24.2. The van der Waals surface area contributed by atoms with Crippen LogP contribution >= 0.6 is 0 Å². The molecule has 0 bridgehead atoms. The smallest absolute Gasteiger partial charge is 0.408 e. The Morgan fingerprint density at radius 3 is 1.39 bits per heavy atom. The number of carbonyl (C=O) groups excluding carboxylic acids is 2. The Hall–Kier alpha value is -3.54. The zero-order chi connectivity index (χ0) is 28.7. The number of rotatable bonds is 11. The molecule has 0 aliphatic rings. The Balaban J connectivity index is 1.83. The fourth-order valence-electron chi connectivity index (χ4n) is 4.01. The Labute approximate surface area is 228 Å². The van der Waals surface area contributed by atoms with Gasteiger partial charge in [-0.15, -0.1) is 0 Å². The van der Waals surface area contributed by atoms with Gasteiger partial charge in [0.15, 0.2) is 0 Å². The lowest BCUT2D eigenvalue weighted by Gasteiger charge is -2.28. The first-order valence-electron chi connectivity index (χ1n) is 13.1. The summed E-state index contributed by atoms with van der Waals surface area (Å²) >= 11 is 0. The van der Waals surface area contributed by atoms with Crippen LogP contribution in [0.15, 0.2) is 61.7 Å². The van der Waals surface area contributed by atoms with E-state index in [-0.39, 0.29) is 12.2 Å². The number of alkyl carbamates (subject to hydrolysis) is 2. The Kier molecular flexibility index (Phi) is 10.3. The molecule has 0 aliphatic heterocycles. The molecule has 0 heterocycles. The molecular weight excluding hydrogens is 476 g/mol. The third kappa shape index (κ3) is 9.09. The van der Waals surface area contributed by atoms with Gasteiger partial charge in [0.05, 0.1) is 11.1 Å². The molecule has 2 aromatic rings. The second-order valence-corrected chi connectivity index (χ2v) is 11.2. The highest BCUT2D eigenvalue weighted by Crippen LogP contribution is 2.25. The molecule has 6 nitrogen and oxygen atoms in total. The molecule has 0 spiro atoms. The van der Waals surface area contributed by atoms with E-state index in [2.05, 4.69) is 23.8 Å². The van der Waals surface area contributed by atoms with Gasteiger partial charge in [-0.25, -0.2) is 9.59 Å². The third-order valence-electron chi connectivity index (χ3n) is 6.58. The van der Waals surface area contributed by atoms with E-state index >= 15 is 0 Å². The molecule has 2 atom stereocenters. The first-order chi connectivity index (χ1) is 17.6. The van der Waals surface area contributed by atoms with Crippen LogP contribution in [0.25, 0.3) is 11.1 Å². The van der Waals surface area contributed by atoms with Crippen LogP contribution in [0.2, 0.25) is 0 Å². The fourth-order valence-corrected chi connectivity index (χ4v) is 4.01. The standard InChI is InChI=1S/C32H44N2O4/c1-21(2)25-13-11-15-27(19-25)31(7,8)33-29(35)37-23(5)17-18-24(6)38-30(36)34-32(9,10)28-16-12-14-26(20-28)22(3)4/h11-16,19-20,23-24H,1,3,17-18H2,2,4-10H3,(H,33,35)(H,34,36). The molecule has 2 aromatic carbocycles. The summed E-state index contributed by atoms with van der Waals surface area (Å²) < 4.78 is 11.2. The van der Waals surface area contributed by atoms with Crippen molar-refractivity contribution in [1.82, 2.24) is 10.6 Å². The van der Waals surface area contributed by atoms with Crippen LogP contribution in [0.1, 0.15) is 90.5 Å². The summed E-state index contributed by atoms with van der Waals surface area (Å²) in [6.07, 6.45) is -0.567. The average Bonchev–Trinajstić information content (AvgIpc) is 2.82. The highest BCUT2D eigenvalue weighted by molar-refractivity contribution is 5.70. The molecule has 0 radical (unpaired) electrons. The van der Waals surface area contributed by atoms with Crippen LogP contribution < -0.4 is 10.6 Å². The molecule has 0 saturated heterocycles. The van der Waals surface area contributed by atoms with Crippen LogP contribution in [-0.4, -0.2) is 24.4 Å². The maximum atomic E-state index is 12.6. The summed E-state index contributed by atoms with van der Waals surface area (Å²) in [6, 6.07) is 15.9. The molecule has 0 fully saturated rings. The molecule has 0 aliphatic carbocycles. The number of ether oxygens (including phenoxy) is 2. The first kappa shape index (κ1) is 30.7. The molecule has 2 N–H and O–H groups in total. The van der Waals surface area contributed by atoms with Gasteiger partial charge < -0.3 is 20.1 Å². The van der Waals surface area contributed by atoms with E-state index < -0.39 is 23.3 Å². The number of benzene rings is 2. The summed E-state index contributed by atoms with van der Waals surface area (Å²) in [5, 5.41) is 5.90. The first-order valence-corrected chi connectivity index (χ1v) is 13.1. The second-order valence-electron chi connectivity index (χ2n) is 11.2. The summed E-state index contributed by atoms with van der Waals surface area (Å²) in [6.45, 7) is 23.3. The van der Waals surface area contributed by atoms with Crippen molar-refractivity contribution >= 4 is 23.3 Å². The van der Waals surface area contributed by atoms with Crippen molar-refractivity contribution in [2.75, 3.05) is 0 Å². The van der Waals surface area contributed by atoms with Crippen molar-refractivity contribution in [3.8, 4) is 0 Å². The quantitative estimate of drug-likeness (QED) is 0.315. The van der Waals surface area contributed by atoms with Crippen molar-refractivity contribution in [3.63, 3.8) is 0 Å². The minimum Gasteiger partial charge on any atom is -0.447 e. The van der Waals surface area contributed by atoms with E-state index in [0.29, 0.717) is 12.8 Å². The molecule has 38 heavy (non-hydrogen) atoms. The number of hydrogen-bond donors (Lipinski definition) is 2. The highest BCUT2D eigenvalue weighted by Gasteiger charge is 2.26. The van der Waals surface area contributed by atoms with Crippen LogP contribution in [-0.2, 0) is 20.6 Å². The molecule has 2 amide bonds. The predicted octanol–water partition coefficient (Wildman–Crippen LogP) is 7.93.